The van der Waals surface area contributed by atoms with E-state index in [4.69, 9.17) is 5.11 Å². The number of amides is 2. The van der Waals surface area contributed by atoms with Gasteiger partial charge in [0, 0.05) is 19.5 Å². The summed E-state index contributed by atoms with van der Waals surface area (Å²) in [6.07, 6.45) is -0.00374. The summed E-state index contributed by atoms with van der Waals surface area (Å²) in [5.74, 6) is -1.08. The summed E-state index contributed by atoms with van der Waals surface area (Å²) in [5, 5.41) is 21.3. The molecular weight excluding hydrogens is 272 g/mol. The second kappa shape index (κ2) is 6.58. The highest BCUT2D eigenvalue weighted by molar-refractivity contribution is 5.83. The van der Waals surface area contributed by atoms with Gasteiger partial charge < -0.3 is 20.4 Å². The van der Waals surface area contributed by atoms with Crippen molar-refractivity contribution < 1.29 is 19.8 Å². The van der Waals surface area contributed by atoms with Crippen LogP contribution in [0.1, 0.15) is 17.5 Å². The van der Waals surface area contributed by atoms with Gasteiger partial charge >= 0.3 is 12.0 Å². The molecule has 3 N–H and O–H groups in total. The number of carbonyl (C=O) groups is 2. The summed E-state index contributed by atoms with van der Waals surface area (Å²) < 4.78 is 0. The topological polar surface area (TPSA) is 89.9 Å². The summed E-state index contributed by atoms with van der Waals surface area (Å²) in [6, 6.07) is 6.62. The molecule has 0 unspecified atom stereocenters. The molecule has 114 valence electrons. The Labute approximate surface area is 123 Å². The number of nitrogens with zero attached hydrogens (tertiary/aromatic N) is 1. The van der Waals surface area contributed by atoms with E-state index in [-0.39, 0.29) is 13.0 Å². The number of carboxylic acid groups (broad SMARTS) is 1. The molecule has 1 fully saturated rings. The van der Waals surface area contributed by atoms with Gasteiger partial charge in [-0.2, -0.15) is 0 Å². The van der Waals surface area contributed by atoms with Crippen molar-refractivity contribution >= 4 is 12.0 Å². The minimum Gasteiger partial charge on any atom is -0.480 e. The van der Waals surface area contributed by atoms with Gasteiger partial charge in [-0.1, -0.05) is 29.8 Å². The van der Waals surface area contributed by atoms with Gasteiger partial charge in [0.25, 0.3) is 0 Å². The summed E-state index contributed by atoms with van der Waals surface area (Å²) in [5.41, 5.74) is 2.28. The standard InChI is InChI=1S/C15H20N2O4/c1-10-3-2-4-11(7-10)5-6-16-15(21)17-9-12(18)8-13(17)14(19)20/h2-4,7,12-13,18H,5-6,8-9H2,1H3,(H,16,21)(H,19,20)/t12-,13+/m1/s1. The summed E-state index contributed by atoms with van der Waals surface area (Å²) in [7, 11) is 0. The zero-order valence-electron chi connectivity index (χ0n) is 12.0. The number of aliphatic hydroxyl groups is 1. The van der Waals surface area contributed by atoms with Crippen LogP contribution in [-0.4, -0.2) is 52.3 Å². The van der Waals surface area contributed by atoms with Crippen LogP contribution in [0.15, 0.2) is 24.3 Å². The molecule has 0 saturated carbocycles. The van der Waals surface area contributed by atoms with E-state index in [1.165, 1.54) is 4.90 Å². The van der Waals surface area contributed by atoms with Crippen LogP contribution in [0.3, 0.4) is 0 Å². The number of hydrogen-bond acceptors (Lipinski definition) is 3. The van der Waals surface area contributed by atoms with Gasteiger partial charge in [-0.15, -0.1) is 0 Å². The van der Waals surface area contributed by atoms with E-state index in [1.807, 2.05) is 31.2 Å². The van der Waals surface area contributed by atoms with Crippen molar-refractivity contribution in [3.8, 4) is 0 Å². The van der Waals surface area contributed by atoms with Crippen molar-refractivity contribution in [3.05, 3.63) is 35.4 Å². The number of hydrogen-bond donors (Lipinski definition) is 3. The van der Waals surface area contributed by atoms with E-state index in [9.17, 15) is 14.7 Å². The zero-order valence-corrected chi connectivity index (χ0v) is 12.0. The maximum absolute atomic E-state index is 12.0. The first-order valence-electron chi connectivity index (χ1n) is 6.98. The Morgan fingerprint density at radius 2 is 2.19 bits per heavy atom. The smallest absolute Gasteiger partial charge is 0.326 e. The number of aliphatic hydroxyl groups excluding tert-OH is 1. The molecule has 2 amide bonds. The highest BCUT2D eigenvalue weighted by atomic mass is 16.4. The van der Waals surface area contributed by atoms with Crippen LogP contribution in [0, 0.1) is 6.92 Å². The first kappa shape index (κ1) is 15.3. The van der Waals surface area contributed by atoms with Crippen LogP contribution in [-0.2, 0) is 11.2 Å². The van der Waals surface area contributed by atoms with Crippen LogP contribution < -0.4 is 5.32 Å². The second-order valence-electron chi connectivity index (χ2n) is 5.37. The predicted octanol–water partition coefficient (Wildman–Crippen LogP) is 0.767. The number of aryl methyl sites for hydroxylation is 1. The van der Waals surface area contributed by atoms with E-state index in [0.717, 1.165) is 11.1 Å². The first-order valence-corrected chi connectivity index (χ1v) is 6.98. The number of carbonyl (C=O) groups excluding carboxylic acids is 1. The predicted molar refractivity (Wildman–Crippen MR) is 77.0 cm³/mol. The number of β-amino-alcohol motifs (C(OH)–C–C–N with tert-alkyl or cyclic N) is 1. The Hall–Kier alpha value is -2.08. The molecule has 2 rings (SSSR count). The molecule has 1 aliphatic heterocycles. The second-order valence-corrected chi connectivity index (χ2v) is 5.37. The van der Waals surface area contributed by atoms with Crippen LogP contribution in [0.4, 0.5) is 4.79 Å². The average molecular weight is 292 g/mol. The summed E-state index contributed by atoms with van der Waals surface area (Å²) in [4.78, 5) is 24.2. The third-order valence-corrected chi connectivity index (χ3v) is 3.60. The maximum atomic E-state index is 12.0. The molecule has 1 aromatic rings. The van der Waals surface area contributed by atoms with Crippen molar-refractivity contribution in [2.45, 2.75) is 31.9 Å². The molecule has 1 aliphatic rings. The lowest BCUT2D eigenvalue weighted by Crippen LogP contribution is -2.46. The Bertz CT molecular complexity index is 532. The van der Waals surface area contributed by atoms with Crippen molar-refractivity contribution in [2.24, 2.45) is 0 Å². The molecule has 6 heteroatoms. The number of rotatable bonds is 4. The maximum Gasteiger partial charge on any atom is 0.326 e. The number of benzene rings is 1. The Morgan fingerprint density at radius 1 is 1.43 bits per heavy atom. The Morgan fingerprint density at radius 3 is 2.86 bits per heavy atom. The minimum absolute atomic E-state index is 0.0627. The Balaban J connectivity index is 1.85. The molecule has 1 heterocycles. The van der Waals surface area contributed by atoms with Gasteiger partial charge in [0.15, 0.2) is 0 Å². The number of nitrogens with one attached hydrogen (secondary N) is 1. The van der Waals surface area contributed by atoms with Gasteiger partial charge in [0.05, 0.1) is 6.10 Å². The van der Waals surface area contributed by atoms with E-state index in [0.29, 0.717) is 13.0 Å². The van der Waals surface area contributed by atoms with Gasteiger partial charge in [0.2, 0.25) is 0 Å². The monoisotopic (exact) mass is 292 g/mol. The normalized spacial score (nSPS) is 21.3. The van der Waals surface area contributed by atoms with E-state index >= 15 is 0 Å². The number of carboxylic acids is 1. The fourth-order valence-electron chi connectivity index (χ4n) is 2.56. The van der Waals surface area contributed by atoms with Gasteiger partial charge in [-0.3, -0.25) is 0 Å². The molecule has 0 spiro atoms. The molecule has 0 aromatic heterocycles. The van der Waals surface area contributed by atoms with Crippen molar-refractivity contribution in [1.29, 1.82) is 0 Å². The van der Waals surface area contributed by atoms with Gasteiger partial charge in [-0.05, 0) is 18.9 Å². The molecule has 2 atom stereocenters. The SMILES string of the molecule is Cc1cccc(CCNC(=O)N2C[C@H](O)C[C@H]2C(=O)O)c1. The minimum atomic E-state index is -1.08. The fraction of sp³-hybridized carbons (Fsp3) is 0.467. The van der Waals surface area contributed by atoms with E-state index in [2.05, 4.69) is 5.32 Å². The van der Waals surface area contributed by atoms with Crippen molar-refractivity contribution in [1.82, 2.24) is 10.2 Å². The van der Waals surface area contributed by atoms with E-state index < -0.39 is 24.1 Å². The molecule has 1 saturated heterocycles. The van der Waals surface area contributed by atoms with Crippen molar-refractivity contribution in [2.75, 3.05) is 13.1 Å². The number of urea groups is 1. The quantitative estimate of drug-likeness (QED) is 0.764. The molecule has 0 bridgehead atoms. The molecular formula is C15H20N2O4. The largest absolute Gasteiger partial charge is 0.480 e. The number of aliphatic carboxylic acids is 1. The fourth-order valence-corrected chi connectivity index (χ4v) is 2.56. The van der Waals surface area contributed by atoms with Crippen LogP contribution in [0.5, 0.6) is 0 Å². The third-order valence-electron chi connectivity index (χ3n) is 3.60. The van der Waals surface area contributed by atoms with Crippen LogP contribution >= 0.6 is 0 Å². The lowest BCUT2D eigenvalue weighted by atomic mass is 10.1. The Kier molecular flexibility index (Phi) is 4.80. The highest BCUT2D eigenvalue weighted by Gasteiger charge is 2.38. The lowest BCUT2D eigenvalue weighted by molar-refractivity contribution is -0.141. The lowest BCUT2D eigenvalue weighted by Gasteiger charge is -2.21. The molecule has 0 aliphatic carbocycles. The van der Waals surface area contributed by atoms with Crippen LogP contribution in [0.2, 0.25) is 0 Å². The van der Waals surface area contributed by atoms with Crippen molar-refractivity contribution in [3.63, 3.8) is 0 Å². The van der Waals surface area contributed by atoms with E-state index in [1.54, 1.807) is 0 Å². The summed E-state index contributed by atoms with van der Waals surface area (Å²) >= 11 is 0. The van der Waals surface area contributed by atoms with Crippen LogP contribution in [0.25, 0.3) is 0 Å². The highest BCUT2D eigenvalue weighted by Crippen LogP contribution is 2.18. The number of likely N-dealkylation sites (tertiary alicyclic amines) is 1. The van der Waals surface area contributed by atoms with Gasteiger partial charge in [0.1, 0.15) is 6.04 Å². The molecule has 6 nitrogen and oxygen atoms in total. The third kappa shape index (κ3) is 3.95. The average Bonchev–Trinajstić information content (AvgIpc) is 2.81. The summed E-state index contributed by atoms with van der Waals surface area (Å²) in [6.45, 7) is 2.50. The zero-order chi connectivity index (χ0) is 15.4. The molecule has 1 aromatic carbocycles. The first-order chi connectivity index (χ1) is 9.97. The molecule has 21 heavy (non-hydrogen) atoms. The van der Waals surface area contributed by atoms with Gasteiger partial charge in [-0.25, -0.2) is 9.59 Å². The molecule has 0 radical (unpaired) electrons.